The second-order valence-corrected chi connectivity index (χ2v) is 2.82. The predicted molar refractivity (Wildman–Crippen MR) is 45.5 cm³/mol. The standard InChI is InChI=1S/C8H19NO2/c1-8(11)4-6-9-5-2-3-7-10/h8-11H,2-7H2,1H3. The van der Waals surface area contributed by atoms with Crippen LogP contribution in [0.15, 0.2) is 0 Å². The number of aliphatic hydroxyl groups excluding tert-OH is 2. The van der Waals surface area contributed by atoms with Crippen molar-refractivity contribution in [2.75, 3.05) is 19.7 Å². The van der Waals surface area contributed by atoms with Crippen LogP contribution in [0.5, 0.6) is 0 Å². The van der Waals surface area contributed by atoms with Gasteiger partial charge in [-0.2, -0.15) is 0 Å². The molecule has 0 fully saturated rings. The van der Waals surface area contributed by atoms with Crippen molar-refractivity contribution in [3.05, 3.63) is 0 Å². The smallest absolute Gasteiger partial charge is 0.0524 e. The molecule has 0 heterocycles. The Morgan fingerprint density at radius 1 is 1.27 bits per heavy atom. The lowest BCUT2D eigenvalue weighted by Gasteiger charge is -2.05. The first-order chi connectivity index (χ1) is 5.27. The number of hydrogen-bond donors (Lipinski definition) is 3. The predicted octanol–water partition coefficient (Wildman–Crippen LogP) is 0.119. The first kappa shape index (κ1) is 10.9. The molecule has 0 bridgehead atoms. The fraction of sp³-hybridized carbons (Fsp3) is 1.00. The van der Waals surface area contributed by atoms with Gasteiger partial charge in [-0.15, -0.1) is 0 Å². The Morgan fingerprint density at radius 2 is 2.00 bits per heavy atom. The molecule has 3 heteroatoms. The van der Waals surface area contributed by atoms with E-state index in [9.17, 15) is 0 Å². The van der Waals surface area contributed by atoms with E-state index in [2.05, 4.69) is 5.32 Å². The minimum absolute atomic E-state index is 0.208. The van der Waals surface area contributed by atoms with Crippen LogP contribution in [0, 0.1) is 0 Å². The van der Waals surface area contributed by atoms with Crippen molar-refractivity contribution >= 4 is 0 Å². The largest absolute Gasteiger partial charge is 0.396 e. The highest BCUT2D eigenvalue weighted by Crippen LogP contribution is 1.87. The number of hydrogen-bond acceptors (Lipinski definition) is 3. The first-order valence-electron chi connectivity index (χ1n) is 4.27. The zero-order valence-electron chi connectivity index (χ0n) is 7.21. The van der Waals surface area contributed by atoms with E-state index in [1.54, 1.807) is 6.92 Å². The van der Waals surface area contributed by atoms with Gasteiger partial charge in [-0.25, -0.2) is 0 Å². The van der Waals surface area contributed by atoms with E-state index in [1.165, 1.54) is 0 Å². The molecule has 0 saturated carbocycles. The third kappa shape index (κ3) is 9.88. The molecule has 0 aliphatic heterocycles. The zero-order valence-corrected chi connectivity index (χ0v) is 7.21. The molecule has 0 aromatic heterocycles. The average molecular weight is 161 g/mol. The highest BCUT2D eigenvalue weighted by Gasteiger charge is 1.93. The Bertz CT molecular complexity index is 76.5. The van der Waals surface area contributed by atoms with Crippen molar-refractivity contribution in [3.8, 4) is 0 Å². The van der Waals surface area contributed by atoms with Gasteiger partial charge in [-0.05, 0) is 39.3 Å². The molecular formula is C8H19NO2. The van der Waals surface area contributed by atoms with Gasteiger partial charge in [0, 0.05) is 6.61 Å². The van der Waals surface area contributed by atoms with Crippen LogP contribution in [-0.4, -0.2) is 36.0 Å². The van der Waals surface area contributed by atoms with Crippen LogP contribution in [0.4, 0.5) is 0 Å². The molecule has 11 heavy (non-hydrogen) atoms. The molecule has 0 aromatic rings. The molecule has 3 N–H and O–H groups in total. The molecule has 68 valence electrons. The first-order valence-corrected chi connectivity index (χ1v) is 4.27. The van der Waals surface area contributed by atoms with Crippen LogP contribution in [0.3, 0.4) is 0 Å². The average Bonchev–Trinajstić information content (AvgIpc) is 1.96. The summed E-state index contributed by atoms with van der Waals surface area (Å²) in [4.78, 5) is 0. The van der Waals surface area contributed by atoms with E-state index >= 15 is 0 Å². The van der Waals surface area contributed by atoms with E-state index < -0.39 is 0 Å². The summed E-state index contributed by atoms with van der Waals surface area (Å²) in [5.74, 6) is 0. The summed E-state index contributed by atoms with van der Waals surface area (Å²) in [5.41, 5.74) is 0. The van der Waals surface area contributed by atoms with Gasteiger partial charge in [0.15, 0.2) is 0 Å². The van der Waals surface area contributed by atoms with Gasteiger partial charge in [0.25, 0.3) is 0 Å². The van der Waals surface area contributed by atoms with Gasteiger partial charge in [-0.1, -0.05) is 0 Å². The summed E-state index contributed by atoms with van der Waals surface area (Å²) in [7, 11) is 0. The Balaban J connectivity index is 2.80. The molecule has 0 aliphatic carbocycles. The molecule has 1 atom stereocenters. The fourth-order valence-corrected chi connectivity index (χ4v) is 0.798. The maximum absolute atomic E-state index is 8.88. The van der Waals surface area contributed by atoms with Crippen molar-refractivity contribution < 1.29 is 10.2 Å². The van der Waals surface area contributed by atoms with Gasteiger partial charge in [-0.3, -0.25) is 0 Å². The maximum Gasteiger partial charge on any atom is 0.0524 e. The fourth-order valence-electron chi connectivity index (χ4n) is 0.798. The third-order valence-electron chi connectivity index (χ3n) is 1.50. The molecule has 0 rings (SSSR count). The van der Waals surface area contributed by atoms with Gasteiger partial charge in [0.1, 0.15) is 0 Å². The molecule has 0 saturated heterocycles. The number of unbranched alkanes of at least 4 members (excludes halogenated alkanes) is 1. The molecule has 0 aliphatic rings. The summed E-state index contributed by atoms with van der Waals surface area (Å²) in [6.07, 6.45) is 2.47. The van der Waals surface area contributed by atoms with Gasteiger partial charge in [0.2, 0.25) is 0 Å². The molecule has 1 unspecified atom stereocenters. The molecule has 0 spiro atoms. The summed E-state index contributed by atoms with van der Waals surface area (Å²) < 4.78 is 0. The van der Waals surface area contributed by atoms with Crippen LogP contribution < -0.4 is 5.32 Å². The SMILES string of the molecule is CC(O)CCNCCCCO. The normalized spacial score (nSPS) is 13.4. The summed E-state index contributed by atoms with van der Waals surface area (Å²) in [6.45, 7) is 3.86. The number of rotatable bonds is 7. The van der Waals surface area contributed by atoms with Crippen LogP contribution >= 0.6 is 0 Å². The van der Waals surface area contributed by atoms with E-state index in [1.807, 2.05) is 0 Å². The van der Waals surface area contributed by atoms with Crippen molar-refractivity contribution in [1.82, 2.24) is 5.32 Å². The lowest BCUT2D eigenvalue weighted by Crippen LogP contribution is -2.20. The van der Waals surface area contributed by atoms with Crippen molar-refractivity contribution in [2.24, 2.45) is 0 Å². The number of aliphatic hydroxyl groups is 2. The maximum atomic E-state index is 8.88. The van der Waals surface area contributed by atoms with E-state index in [0.29, 0.717) is 0 Å². The van der Waals surface area contributed by atoms with Gasteiger partial charge >= 0.3 is 0 Å². The molecule has 0 amide bonds. The van der Waals surface area contributed by atoms with Gasteiger partial charge < -0.3 is 15.5 Å². The van der Waals surface area contributed by atoms with E-state index in [4.69, 9.17) is 10.2 Å². The zero-order chi connectivity index (χ0) is 8.53. The Morgan fingerprint density at radius 3 is 2.55 bits per heavy atom. The quantitative estimate of drug-likeness (QED) is 0.465. The monoisotopic (exact) mass is 161 g/mol. The summed E-state index contributed by atoms with van der Waals surface area (Å²) in [5, 5.41) is 20.5. The summed E-state index contributed by atoms with van der Waals surface area (Å²) in [6, 6.07) is 0. The van der Waals surface area contributed by atoms with Crippen LogP contribution in [0.25, 0.3) is 0 Å². The lowest BCUT2D eigenvalue weighted by molar-refractivity contribution is 0.183. The van der Waals surface area contributed by atoms with E-state index in [0.717, 1.165) is 32.4 Å². The van der Waals surface area contributed by atoms with Crippen LogP contribution in [0.1, 0.15) is 26.2 Å². The van der Waals surface area contributed by atoms with E-state index in [-0.39, 0.29) is 12.7 Å². The molecule has 0 aromatic carbocycles. The molecular weight excluding hydrogens is 142 g/mol. The van der Waals surface area contributed by atoms with Crippen molar-refractivity contribution in [1.29, 1.82) is 0 Å². The molecule has 0 radical (unpaired) electrons. The van der Waals surface area contributed by atoms with Crippen LogP contribution in [0.2, 0.25) is 0 Å². The second-order valence-electron chi connectivity index (χ2n) is 2.82. The van der Waals surface area contributed by atoms with Crippen LogP contribution in [-0.2, 0) is 0 Å². The number of nitrogens with one attached hydrogen (secondary N) is 1. The minimum atomic E-state index is -0.208. The Hall–Kier alpha value is -0.120. The summed E-state index contributed by atoms with van der Waals surface area (Å²) >= 11 is 0. The second kappa shape index (κ2) is 7.98. The van der Waals surface area contributed by atoms with Crippen molar-refractivity contribution in [2.45, 2.75) is 32.3 Å². The Labute approximate surface area is 68.4 Å². The minimum Gasteiger partial charge on any atom is -0.396 e. The Kier molecular flexibility index (Phi) is 7.89. The van der Waals surface area contributed by atoms with Gasteiger partial charge in [0.05, 0.1) is 6.10 Å². The third-order valence-corrected chi connectivity index (χ3v) is 1.50. The topological polar surface area (TPSA) is 52.5 Å². The van der Waals surface area contributed by atoms with Crippen molar-refractivity contribution in [3.63, 3.8) is 0 Å². The lowest BCUT2D eigenvalue weighted by atomic mass is 10.3. The molecule has 3 nitrogen and oxygen atoms in total. The highest BCUT2D eigenvalue weighted by atomic mass is 16.3. The highest BCUT2D eigenvalue weighted by molar-refractivity contribution is 4.52.